The summed E-state index contributed by atoms with van der Waals surface area (Å²) in [6, 6.07) is 12.2. The Morgan fingerprint density at radius 2 is 1.78 bits per heavy atom. The summed E-state index contributed by atoms with van der Waals surface area (Å²) in [5.74, 6) is 0.834. The lowest BCUT2D eigenvalue weighted by molar-refractivity contribution is 0.0636. The number of halogens is 1. The van der Waals surface area contributed by atoms with Crippen LogP contribution in [0.15, 0.2) is 58.6 Å². The molecule has 0 radical (unpaired) electrons. The number of carbonyl (C=O) groups is 1. The van der Waals surface area contributed by atoms with Gasteiger partial charge in [0.25, 0.3) is 5.56 Å². The topological polar surface area (TPSA) is 122 Å². The summed E-state index contributed by atoms with van der Waals surface area (Å²) in [4.78, 5) is 34.7. The molecule has 0 saturated heterocycles. The van der Waals surface area contributed by atoms with Crippen molar-refractivity contribution in [2.75, 3.05) is 25.8 Å². The highest BCUT2D eigenvalue weighted by Crippen LogP contribution is 2.38. The number of hydrogen-bond donors (Lipinski definition) is 1. The molecule has 12 heteroatoms. The molecule has 2 heterocycles. The van der Waals surface area contributed by atoms with Crippen molar-refractivity contribution in [2.45, 2.75) is 44.5 Å². The van der Waals surface area contributed by atoms with Crippen LogP contribution in [0.5, 0.6) is 11.5 Å². The lowest BCUT2D eigenvalue weighted by Gasteiger charge is -2.19. The van der Waals surface area contributed by atoms with Crippen LogP contribution < -0.4 is 20.3 Å². The van der Waals surface area contributed by atoms with Crippen LogP contribution >= 0.6 is 11.6 Å². The third-order valence-corrected chi connectivity index (χ3v) is 7.14. The van der Waals surface area contributed by atoms with Crippen LogP contribution in [0.25, 0.3) is 22.2 Å². The van der Waals surface area contributed by atoms with Gasteiger partial charge < -0.3 is 14.2 Å². The molecule has 2 aromatic heterocycles. The lowest BCUT2D eigenvalue weighted by Crippen LogP contribution is -2.27. The van der Waals surface area contributed by atoms with Gasteiger partial charge in [0.2, 0.25) is 5.16 Å². The van der Waals surface area contributed by atoms with Crippen molar-refractivity contribution < 1.29 is 23.2 Å². The molecule has 4 rings (SSSR count). The number of benzene rings is 2. The minimum absolute atomic E-state index is 0.122. The van der Waals surface area contributed by atoms with Crippen molar-refractivity contribution in [1.82, 2.24) is 14.5 Å². The molecule has 0 aliphatic heterocycles. The lowest BCUT2D eigenvalue weighted by atomic mass is 10.0. The Labute approximate surface area is 245 Å². The number of nitrogens with one attached hydrogen (secondary N) is 1. The summed E-state index contributed by atoms with van der Waals surface area (Å²) in [6.45, 7) is 5.64. The number of methoxy groups -OCH3 is 2. The minimum atomic E-state index is -1.44. The normalized spacial score (nSPS) is 12.2. The Kier molecular flexibility index (Phi) is 8.98. The van der Waals surface area contributed by atoms with Crippen molar-refractivity contribution in [3.05, 3.63) is 69.6 Å². The molecule has 1 atom stereocenters. The molecule has 4 aromatic rings. The van der Waals surface area contributed by atoms with Crippen molar-refractivity contribution in [1.29, 1.82) is 0 Å². The minimum Gasteiger partial charge on any atom is -0.497 e. The zero-order valence-electron chi connectivity index (χ0n) is 23.6. The molecule has 10 nitrogen and oxygen atoms in total. The summed E-state index contributed by atoms with van der Waals surface area (Å²) in [7, 11) is 1.55. The molecule has 1 amide bonds. The Morgan fingerprint density at radius 3 is 2.39 bits per heavy atom. The van der Waals surface area contributed by atoms with Gasteiger partial charge in [-0.1, -0.05) is 23.7 Å². The molecular weight excluding hydrogens is 568 g/mol. The van der Waals surface area contributed by atoms with Crippen molar-refractivity contribution in [2.24, 2.45) is 0 Å². The SMILES string of the molecule is COc1cc(OC)c(Cl)c(-c2cc3cnc(S(C)=O)nc3n(CCc3ccc(NC(=O)OC(C)(C)C)cc3)c2=O)c1. The second-order valence-corrected chi connectivity index (χ2v) is 11.8. The third kappa shape index (κ3) is 7.04. The largest absolute Gasteiger partial charge is 0.497 e. The van der Waals surface area contributed by atoms with E-state index in [1.165, 1.54) is 25.0 Å². The van der Waals surface area contributed by atoms with E-state index in [2.05, 4.69) is 15.3 Å². The molecule has 0 saturated carbocycles. The number of anilines is 1. The zero-order valence-corrected chi connectivity index (χ0v) is 25.2. The molecular formula is C29H31ClN4O6S. The monoisotopic (exact) mass is 598 g/mol. The molecule has 41 heavy (non-hydrogen) atoms. The van der Waals surface area contributed by atoms with Gasteiger partial charge in [0.15, 0.2) is 0 Å². The quantitative estimate of drug-likeness (QED) is 0.266. The van der Waals surface area contributed by atoms with Gasteiger partial charge in [-0.05, 0) is 57.0 Å². The Balaban J connectivity index is 1.73. The van der Waals surface area contributed by atoms with Crippen LogP contribution in [0.4, 0.5) is 10.5 Å². The average molecular weight is 599 g/mol. The second-order valence-electron chi connectivity index (χ2n) is 10.2. The fraction of sp³-hybridized carbons (Fsp3) is 0.310. The van der Waals surface area contributed by atoms with Gasteiger partial charge in [-0.3, -0.25) is 18.9 Å². The van der Waals surface area contributed by atoms with Crippen LogP contribution in [-0.4, -0.2) is 50.9 Å². The molecule has 0 spiro atoms. The Morgan fingerprint density at radius 1 is 1.07 bits per heavy atom. The Hall–Kier alpha value is -3.96. The van der Waals surface area contributed by atoms with E-state index in [0.29, 0.717) is 45.8 Å². The molecule has 0 bridgehead atoms. The van der Waals surface area contributed by atoms with E-state index < -0.39 is 22.5 Å². The average Bonchev–Trinajstić information content (AvgIpc) is 2.92. The van der Waals surface area contributed by atoms with Crippen LogP contribution in [0.1, 0.15) is 26.3 Å². The number of aryl methyl sites for hydroxylation is 2. The highest BCUT2D eigenvalue weighted by Gasteiger charge is 2.20. The van der Waals surface area contributed by atoms with Gasteiger partial charge in [-0.2, -0.15) is 0 Å². The maximum atomic E-state index is 14.0. The molecule has 0 fully saturated rings. The van der Waals surface area contributed by atoms with Gasteiger partial charge in [-0.15, -0.1) is 0 Å². The number of ether oxygens (including phenoxy) is 3. The predicted octanol–water partition coefficient (Wildman–Crippen LogP) is 5.46. The first kappa shape index (κ1) is 30.0. The van der Waals surface area contributed by atoms with Gasteiger partial charge in [0, 0.05) is 47.3 Å². The van der Waals surface area contributed by atoms with E-state index in [1.807, 2.05) is 12.1 Å². The maximum absolute atomic E-state index is 14.0. The highest BCUT2D eigenvalue weighted by molar-refractivity contribution is 7.84. The van der Waals surface area contributed by atoms with Crippen molar-refractivity contribution in [3.8, 4) is 22.6 Å². The van der Waals surface area contributed by atoms with Gasteiger partial charge in [0.1, 0.15) is 22.7 Å². The van der Waals surface area contributed by atoms with Crippen molar-refractivity contribution >= 4 is 45.2 Å². The number of hydrogen-bond acceptors (Lipinski definition) is 8. The molecule has 0 aliphatic rings. The summed E-state index contributed by atoms with van der Waals surface area (Å²) in [5, 5.41) is 3.66. The number of pyridine rings is 1. The predicted molar refractivity (Wildman–Crippen MR) is 160 cm³/mol. The van der Waals surface area contributed by atoms with E-state index in [-0.39, 0.29) is 22.3 Å². The van der Waals surface area contributed by atoms with Gasteiger partial charge in [0.05, 0.1) is 30.0 Å². The molecule has 2 aromatic carbocycles. The summed E-state index contributed by atoms with van der Waals surface area (Å²) < 4.78 is 29.8. The van der Waals surface area contributed by atoms with Crippen LogP contribution in [0, 0.1) is 0 Å². The number of nitrogens with zero attached hydrogens (tertiary/aromatic N) is 3. The van der Waals surface area contributed by atoms with Crippen molar-refractivity contribution in [3.63, 3.8) is 0 Å². The number of aromatic nitrogens is 3. The van der Waals surface area contributed by atoms with E-state index in [4.69, 9.17) is 25.8 Å². The van der Waals surface area contributed by atoms with Crippen LogP contribution in [0.2, 0.25) is 5.02 Å². The smallest absolute Gasteiger partial charge is 0.412 e. The first-order chi connectivity index (χ1) is 19.4. The molecule has 1 unspecified atom stereocenters. The standard InChI is InChI=1S/C29H31ClN4O6S/c1-29(2,3)40-28(36)32-19-9-7-17(8-10-19)11-12-34-25-18(16-31-27(33-25)41(6)37)13-22(26(34)35)21-14-20(38-4)15-23(39-5)24(21)30/h7-10,13-16H,11-12H2,1-6H3,(H,32,36). The van der Waals surface area contributed by atoms with E-state index in [9.17, 15) is 13.8 Å². The third-order valence-electron chi connectivity index (χ3n) is 6.04. The fourth-order valence-electron chi connectivity index (χ4n) is 4.13. The van der Waals surface area contributed by atoms with Gasteiger partial charge >= 0.3 is 6.09 Å². The number of amides is 1. The Bertz CT molecular complexity index is 1680. The first-order valence-corrected chi connectivity index (χ1v) is 14.6. The first-order valence-electron chi connectivity index (χ1n) is 12.6. The maximum Gasteiger partial charge on any atom is 0.412 e. The van der Waals surface area contributed by atoms with Gasteiger partial charge in [-0.25, -0.2) is 14.8 Å². The number of fused-ring (bicyclic) bond motifs is 1. The van der Waals surface area contributed by atoms with Crippen LogP contribution in [0.3, 0.4) is 0 Å². The highest BCUT2D eigenvalue weighted by atomic mass is 35.5. The van der Waals surface area contributed by atoms with E-state index in [0.717, 1.165) is 5.56 Å². The molecule has 216 valence electrons. The molecule has 0 aliphatic carbocycles. The van der Waals surface area contributed by atoms with E-state index >= 15 is 0 Å². The summed E-state index contributed by atoms with van der Waals surface area (Å²) >= 11 is 6.63. The fourth-order valence-corrected chi connectivity index (χ4v) is 4.84. The number of rotatable bonds is 8. The second kappa shape index (κ2) is 12.3. The summed E-state index contributed by atoms with van der Waals surface area (Å²) in [6.07, 6.45) is 2.94. The zero-order chi connectivity index (χ0) is 29.9. The number of carbonyl (C=O) groups excluding carboxylic acids is 1. The van der Waals surface area contributed by atoms with E-state index in [1.54, 1.807) is 57.3 Å². The molecule has 1 N–H and O–H groups in total. The van der Waals surface area contributed by atoms with Crippen LogP contribution in [-0.2, 0) is 28.5 Å². The summed E-state index contributed by atoms with van der Waals surface area (Å²) in [5.41, 5.74) is 1.65.